The van der Waals surface area contributed by atoms with Crippen molar-refractivity contribution in [3.63, 3.8) is 0 Å². The van der Waals surface area contributed by atoms with Crippen molar-refractivity contribution in [1.82, 2.24) is 0 Å². The molecule has 0 heterocycles. The summed E-state index contributed by atoms with van der Waals surface area (Å²) in [6, 6.07) is 18.2. The van der Waals surface area contributed by atoms with Crippen molar-refractivity contribution in [2.75, 3.05) is 5.32 Å². The molecule has 0 radical (unpaired) electrons. The van der Waals surface area contributed by atoms with Gasteiger partial charge in [-0.1, -0.05) is 42.5 Å². The number of anilines is 1. The van der Waals surface area contributed by atoms with Crippen LogP contribution in [0.1, 0.15) is 23.6 Å². The van der Waals surface area contributed by atoms with Crippen LogP contribution in [0.15, 0.2) is 54.6 Å². The van der Waals surface area contributed by atoms with E-state index in [1.165, 1.54) is 16.5 Å². The Morgan fingerprint density at radius 1 is 1.00 bits per heavy atom. The Labute approximate surface area is 147 Å². The number of carbonyl (C=O) groups excluding carboxylic acids is 1. The van der Waals surface area contributed by atoms with E-state index in [-0.39, 0.29) is 5.91 Å². The van der Waals surface area contributed by atoms with Gasteiger partial charge in [-0.25, -0.2) is 0 Å². The minimum absolute atomic E-state index is 0.137. The molecule has 1 amide bonds. The van der Waals surface area contributed by atoms with Gasteiger partial charge in [-0.3, -0.25) is 4.79 Å². The second-order valence-electron chi connectivity index (χ2n) is 6.63. The molecule has 0 saturated heterocycles. The van der Waals surface area contributed by atoms with Crippen LogP contribution in [0.5, 0.6) is 5.75 Å². The summed E-state index contributed by atoms with van der Waals surface area (Å²) in [6.45, 7) is 3.76. The van der Waals surface area contributed by atoms with Gasteiger partial charge in [0.2, 0.25) is 0 Å². The summed E-state index contributed by atoms with van der Waals surface area (Å²) >= 11 is 0. The van der Waals surface area contributed by atoms with Crippen LogP contribution in [0.4, 0.5) is 5.69 Å². The van der Waals surface area contributed by atoms with E-state index in [2.05, 4.69) is 29.6 Å². The zero-order valence-corrected chi connectivity index (χ0v) is 14.5. The van der Waals surface area contributed by atoms with Crippen molar-refractivity contribution in [3.8, 4) is 5.75 Å². The number of hydrogen-bond acceptors (Lipinski definition) is 2. The lowest BCUT2D eigenvalue weighted by Crippen LogP contribution is -2.30. The van der Waals surface area contributed by atoms with Gasteiger partial charge in [0.1, 0.15) is 5.75 Å². The first-order valence-corrected chi connectivity index (χ1v) is 8.70. The molecule has 0 aliphatic heterocycles. The molecule has 0 saturated carbocycles. The highest BCUT2D eigenvalue weighted by molar-refractivity contribution is 6.06. The van der Waals surface area contributed by atoms with E-state index in [0.717, 1.165) is 35.2 Å². The van der Waals surface area contributed by atoms with Gasteiger partial charge in [0.05, 0.1) is 0 Å². The van der Waals surface area contributed by atoms with E-state index in [0.29, 0.717) is 0 Å². The van der Waals surface area contributed by atoms with Crippen LogP contribution in [-0.2, 0) is 17.6 Å². The molecule has 1 N–H and O–H groups in total. The van der Waals surface area contributed by atoms with Gasteiger partial charge < -0.3 is 10.1 Å². The molecule has 25 heavy (non-hydrogen) atoms. The Morgan fingerprint density at radius 3 is 2.56 bits per heavy atom. The van der Waals surface area contributed by atoms with Crippen LogP contribution in [0.2, 0.25) is 0 Å². The monoisotopic (exact) mass is 331 g/mol. The highest BCUT2D eigenvalue weighted by atomic mass is 16.5. The average Bonchev–Trinajstić information content (AvgIpc) is 3.04. The van der Waals surface area contributed by atoms with Crippen LogP contribution in [0.25, 0.3) is 10.8 Å². The lowest BCUT2D eigenvalue weighted by molar-refractivity contribution is -0.122. The molecule has 3 aromatic carbocycles. The normalized spacial score (nSPS) is 13.7. The molecular weight excluding hydrogens is 310 g/mol. The number of nitrogens with one attached hydrogen (secondary N) is 1. The minimum Gasteiger partial charge on any atom is -0.481 e. The number of ether oxygens (including phenoxy) is 1. The van der Waals surface area contributed by atoms with Crippen molar-refractivity contribution < 1.29 is 9.53 Å². The molecule has 126 valence electrons. The number of aryl methyl sites for hydroxylation is 3. The van der Waals surface area contributed by atoms with Crippen LogP contribution in [0.3, 0.4) is 0 Å². The number of para-hydroxylation sites is 1. The predicted molar refractivity (Wildman–Crippen MR) is 101 cm³/mol. The lowest BCUT2D eigenvalue weighted by Gasteiger charge is -2.17. The summed E-state index contributed by atoms with van der Waals surface area (Å²) in [5, 5.41) is 5.46. The van der Waals surface area contributed by atoms with Gasteiger partial charge in [0.25, 0.3) is 5.91 Å². The van der Waals surface area contributed by atoms with Crippen molar-refractivity contribution >= 4 is 22.4 Å². The predicted octanol–water partition coefficient (Wildman–Crippen LogP) is 4.65. The van der Waals surface area contributed by atoms with Gasteiger partial charge in [0, 0.05) is 11.1 Å². The summed E-state index contributed by atoms with van der Waals surface area (Å²) in [6.07, 6.45) is 1.59. The van der Waals surface area contributed by atoms with Crippen LogP contribution in [-0.4, -0.2) is 12.0 Å². The number of hydrogen-bond donors (Lipinski definition) is 1. The molecule has 3 aromatic rings. The molecule has 0 aromatic heterocycles. The maximum atomic E-state index is 12.6. The fraction of sp³-hybridized carbons (Fsp3) is 0.227. The number of rotatable bonds is 4. The zero-order valence-electron chi connectivity index (χ0n) is 14.5. The second kappa shape index (κ2) is 6.25. The van der Waals surface area contributed by atoms with E-state index in [1.54, 1.807) is 6.92 Å². The van der Waals surface area contributed by atoms with Gasteiger partial charge >= 0.3 is 0 Å². The zero-order chi connectivity index (χ0) is 17.4. The van der Waals surface area contributed by atoms with Crippen molar-refractivity contribution in [3.05, 3.63) is 71.3 Å². The molecule has 0 spiro atoms. The van der Waals surface area contributed by atoms with Gasteiger partial charge in [-0.2, -0.15) is 0 Å². The van der Waals surface area contributed by atoms with Gasteiger partial charge in [-0.15, -0.1) is 0 Å². The molecule has 0 bridgehead atoms. The topological polar surface area (TPSA) is 38.3 Å². The Bertz CT molecular complexity index is 951. The Morgan fingerprint density at radius 2 is 1.76 bits per heavy atom. The summed E-state index contributed by atoms with van der Waals surface area (Å²) in [4.78, 5) is 12.6. The third-order valence-corrected chi connectivity index (χ3v) is 4.90. The second-order valence-corrected chi connectivity index (χ2v) is 6.63. The summed E-state index contributed by atoms with van der Waals surface area (Å²) in [7, 11) is 0. The van der Waals surface area contributed by atoms with E-state index < -0.39 is 6.10 Å². The highest BCUT2D eigenvalue weighted by Crippen LogP contribution is 2.35. The van der Waals surface area contributed by atoms with E-state index in [1.807, 2.05) is 37.3 Å². The fourth-order valence-electron chi connectivity index (χ4n) is 3.52. The molecule has 1 atom stereocenters. The lowest BCUT2D eigenvalue weighted by atomic mass is 10.0. The van der Waals surface area contributed by atoms with Crippen LogP contribution in [0, 0.1) is 6.92 Å². The Kier molecular flexibility index (Phi) is 3.92. The van der Waals surface area contributed by atoms with Crippen LogP contribution >= 0.6 is 0 Å². The molecule has 1 aliphatic carbocycles. The quantitative estimate of drug-likeness (QED) is 0.755. The standard InChI is InChI=1S/C22H21NO2/c1-14-6-3-4-9-20(14)25-15(2)22(24)23-19-13-12-17-11-10-16-7-5-8-18(19)21(16)17/h3-9,12-13,15H,10-11H2,1-2H3,(H,23,24). The first-order chi connectivity index (χ1) is 12.1. The van der Waals surface area contributed by atoms with Crippen molar-refractivity contribution in [2.24, 2.45) is 0 Å². The van der Waals surface area contributed by atoms with E-state index in [9.17, 15) is 4.79 Å². The SMILES string of the molecule is Cc1ccccc1OC(C)C(=O)Nc1ccc2c3c(cccc13)CC2. The maximum Gasteiger partial charge on any atom is 0.265 e. The molecule has 1 aliphatic rings. The summed E-state index contributed by atoms with van der Waals surface area (Å²) in [5.74, 6) is 0.604. The molecular formula is C22H21NO2. The maximum absolute atomic E-state index is 12.6. The van der Waals surface area contributed by atoms with E-state index >= 15 is 0 Å². The summed E-state index contributed by atoms with van der Waals surface area (Å²) < 4.78 is 5.84. The molecule has 0 fully saturated rings. The number of benzene rings is 3. The third kappa shape index (κ3) is 2.86. The smallest absolute Gasteiger partial charge is 0.265 e. The number of amides is 1. The Hall–Kier alpha value is -2.81. The molecule has 4 rings (SSSR count). The Balaban J connectivity index is 1.57. The molecule has 3 heteroatoms. The van der Waals surface area contributed by atoms with Gasteiger partial charge in [-0.05, 0) is 60.9 Å². The highest BCUT2D eigenvalue weighted by Gasteiger charge is 2.19. The minimum atomic E-state index is -0.566. The largest absolute Gasteiger partial charge is 0.481 e. The fourth-order valence-corrected chi connectivity index (χ4v) is 3.52. The van der Waals surface area contributed by atoms with Gasteiger partial charge in [0.15, 0.2) is 6.10 Å². The van der Waals surface area contributed by atoms with Crippen LogP contribution < -0.4 is 10.1 Å². The van der Waals surface area contributed by atoms with E-state index in [4.69, 9.17) is 4.74 Å². The van der Waals surface area contributed by atoms with Crippen molar-refractivity contribution in [2.45, 2.75) is 32.8 Å². The first-order valence-electron chi connectivity index (χ1n) is 8.70. The average molecular weight is 331 g/mol. The van der Waals surface area contributed by atoms with Crippen molar-refractivity contribution in [1.29, 1.82) is 0 Å². The third-order valence-electron chi connectivity index (χ3n) is 4.90. The summed E-state index contributed by atoms with van der Waals surface area (Å²) in [5.41, 5.74) is 4.61. The first kappa shape index (κ1) is 15.7. The number of carbonyl (C=O) groups is 1. The molecule has 3 nitrogen and oxygen atoms in total. The molecule has 1 unspecified atom stereocenters.